The Morgan fingerprint density at radius 3 is 2.67 bits per heavy atom. The summed E-state index contributed by atoms with van der Waals surface area (Å²) >= 11 is 0. The maximum absolute atomic E-state index is 13.2. The maximum Gasteiger partial charge on any atom is 0.291 e. The molecule has 1 saturated heterocycles. The number of amides is 3. The van der Waals surface area contributed by atoms with E-state index < -0.39 is 17.7 Å². The lowest BCUT2D eigenvalue weighted by atomic mass is 10.1. The van der Waals surface area contributed by atoms with E-state index in [4.69, 9.17) is 18.9 Å². The van der Waals surface area contributed by atoms with Crippen LogP contribution in [0.5, 0.6) is 17.2 Å². The van der Waals surface area contributed by atoms with E-state index in [1.54, 1.807) is 30.3 Å². The van der Waals surface area contributed by atoms with Crippen molar-refractivity contribution in [3.05, 3.63) is 54.2 Å². The minimum absolute atomic E-state index is 0.137. The Hall–Kier alpha value is -4.38. The van der Waals surface area contributed by atoms with Crippen molar-refractivity contribution in [3.63, 3.8) is 0 Å². The minimum Gasteiger partial charge on any atom is -0.496 e. The molecule has 3 amide bonds. The highest BCUT2D eigenvalue weighted by Crippen LogP contribution is 2.34. The van der Waals surface area contributed by atoms with Crippen molar-refractivity contribution in [3.8, 4) is 17.2 Å². The fourth-order valence-electron chi connectivity index (χ4n) is 4.11. The van der Waals surface area contributed by atoms with Crippen molar-refractivity contribution >= 4 is 34.3 Å². The highest BCUT2D eigenvalue weighted by atomic mass is 16.7. The number of fused-ring (bicyclic) bond motifs is 2. The van der Waals surface area contributed by atoms with Gasteiger partial charge in [-0.05, 0) is 30.7 Å². The van der Waals surface area contributed by atoms with Gasteiger partial charge in [0, 0.05) is 36.3 Å². The van der Waals surface area contributed by atoms with E-state index in [0.717, 1.165) is 5.39 Å². The lowest BCUT2D eigenvalue weighted by Crippen LogP contribution is -2.46. The summed E-state index contributed by atoms with van der Waals surface area (Å²) in [4.78, 5) is 42.7. The number of nitrogens with one attached hydrogen (secondary N) is 1. The molecule has 0 aliphatic carbocycles. The molecule has 0 radical (unpaired) electrons. The van der Waals surface area contributed by atoms with Crippen molar-refractivity contribution < 1.29 is 33.3 Å². The van der Waals surface area contributed by atoms with E-state index in [0.29, 0.717) is 48.0 Å². The van der Waals surface area contributed by atoms with Crippen LogP contribution >= 0.6 is 0 Å². The molecule has 1 aromatic heterocycles. The van der Waals surface area contributed by atoms with E-state index >= 15 is 0 Å². The first-order chi connectivity index (χ1) is 17.5. The second-order valence-electron chi connectivity index (χ2n) is 8.13. The first-order valence-electron chi connectivity index (χ1n) is 11.4. The summed E-state index contributed by atoms with van der Waals surface area (Å²) in [5.41, 5.74) is 1.32. The number of para-hydroxylation sites is 1. The average molecular weight is 492 g/mol. The summed E-state index contributed by atoms with van der Waals surface area (Å²) in [5, 5.41) is 6.16. The van der Waals surface area contributed by atoms with Crippen LogP contribution < -0.4 is 19.5 Å². The van der Waals surface area contributed by atoms with E-state index in [2.05, 4.69) is 10.3 Å². The first kappa shape index (κ1) is 23.4. The zero-order valence-corrected chi connectivity index (χ0v) is 19.6. The number of hydrogen-bond acceptors (Lipinski definition) is 8. The Morgan fingerprint density at radius 2 is 1.81 bits per heavy atom. The third-order valence-corrected chi connectivity index (χ3v) is 5.79. The van der Waals surface area contributed by atoms with E-state index in [-0.39, 0.29) is 25.7 Å². The van der Waals surface area contributed by atoms with Crippen LogP contribution in [0.3, 0.4) is 0 Å². The number of hydrazine groups is 1. The normalized spacial score (nSPS) is 14.2. The van der Waals surface area contributed by atoms with Gasteiger partial charge in [0.2, 0.25) is 12.7 Å². The summed E-state index contributed by atoms with van der Waals surface area (Å²) in [7, 11) is 1.53. The van der Waals surface area contributed by atoms with Gasteiger partial charge in [0.25, 0.3) is 11.8 Å². The van der Waals surface area contributed by atoms with Crippen molar-refractivity contribution in [1.82, 2.24) is 15.0 Å². The number of rotatable bonds is 7. The molecule has 36 heavy (non-hydrogen) atoms. The minimum atomic E-state index is -0.427. The summed E-state index contributed by atoms with van der Waals surface area (Å²) in [5.74, 6) is 0.411. The Kier molecular flexibility index (Phi) is 6.54. The van der Waals surface area contributed by atoms with E-state index in [1.807, 2.05) is 18.2 Å². The third kappa shape index (κ3) is 4.73. The van der Waals surface area contributed by atoms with Gasteiger partial charge >= 0.3 is 0 Å². The lowest BCUT2D eigenvalue weighted by molar-refractivity contribution is -0.146. The van der Waals surface area contributed by atoms with Crippen LogP contribution in [-0.2, 0) is 14.3 Å². The van der Waals surface area contributed by atoms with Crippen molar-refractivity contribution in [2.24, 2.45) is 0 Å². The molecule has 11 heteroatoms. The molecule has 2 aliphatic heterocycles. The average Bonchev–Trinajstić information content (AvgIpc) is 3.57. The summed E-state index contributed by atoms with van der Waals surface area (Å²) in [6.07, 6.45) is 0.618. The molecule has 0 unspecified atom stereocenters. The number of benzene rings is 2. The second kappa shape index (κ2) is 10.1. The predicted octanol–water partition coefficient (Wildman–Crippen LogP) is 2.22. The molecule has 2 aliphatic rings. The van der Waals surface area contributed by atoms with Gasteiger partial charge in [0.1, 0.15) is 24.7 Å². The summed E-state index contributed by atoms with van der Waals surface area (Å²) in [6, 6.07) is 13.9. The molecule has 2 aromatic carbocycles. The summed E-state index contributed by atoms with van der Waals surface area (Å²) < 4.78 is 21.3. The number of aromatic nitrogens is 1. The molecule has 3 heterocycles. The molecule has 0 atom stereocenters. The molecular formula is C25H24N4O7. The number of ether oxygens (including phenoxy) is 4. The van der Waals surface area contributed by atoms with Gasteiger partial charge in [0.05, 0.1) is 12.6 Å². The fraction of sp³-hybridized carbons (Fsp3) is 0.280. The number of carbonyl (C=O) groups excluding carboxylic acids is 3. The molecule has 1 fully saturated rings. The van der Waals surface area contributed by atoms with Crippen molar-refractivity contribution in [1.29, 1.82) is 0 Å². The van der Waals surface area contributed by atoms with E-state index in [9.17, 15) is 14.4 Å². The predicted molar refractivity (Wildman–Crippen MR) is 128 cm³/mol. The third-order valence-electron chi connectivity index (χ3n) is 5.79. The van der Waals surface area contributed by atoms with Crippen LogP contribution in [0.15, 0.2) is 48.5 Å². The number of hydrogen-bond donors (Lipinski definition) is 1. The highest BCUT2D eigenvalue weighted by Gasteiger charge is 2.32. The van der Waals surface area contributed by atoms with Gasteiger partial charge in [-0.2, -0.15) is 0 Å². The standard InChI is InChI=1S/C25H24N4O7/c1-33-21-12-19(27-18-6-3-2-5-17(18)21)25(32)29-10-4-9-28(29)24(31)14-34-13-23(30)26-16-7-8-20-22(11-16)36-15-35-20/h2-3,5-8,11-12H,4,9-10,13-15H2,1H3,(H,26,30). The van der Waals surface area contributed by atoms with Gasteiger partial charge in [-0.1, -0.05) is 12.1 Å². The van der Waals surface area contributed by atoms with Gasteiger partial charge in [-0.15, -0.1) is 0 Å². The number of anilines is 1. The SMILES string of the molecule is COc1cc(C(=O)N2CCCN2C(=O)COCC(=O)Nc2ccc3c(c2)OCO3)nc2ccccc12. The zero-order valence-electron chi connectivity index (χ0n) is 19.6. The first-order valence-corrected chi connectivity index (χ1v) is 11.4. The molecule has 1 N–H and O–H groups in total. The monoisotopic (exact) mass is 492 g/mol. The number of nitrogens with zero attached hydrogens (tertiary/aromatic N) is 3. The second-order valence-corrected chi connectivity index (χ2v) is 8.13. The molecule has 0 bridgehead atoms. The largest absolute Gasteiger partial charge is 0.496 e. The highest BCUT2D eigenvalue weighted by molar-refractivity contribution is 5.98. The molecule has 186 valence electrons. The number of pyridine rings is 1. The molecule has 11 nitrogen and oxygen atoms in total. The molecule has 0 saturated carbocycles. The van der Waals surface area contributed by atoms with Crippen LogP contribution in [0.25, 0.3) is 10.9 Å². The summed E-state index contributed by atoms with van der Waals surface area (Å²) in [6.45, 7) is 0.185. The van der Waals surface area contributed by atoms with Gasteiger partial charge < -0.3 is 24.3 Å². The quantitative estimate of drug-likeness (QED) is 0.533. The van der Waals surface area contributed by atoms with Crippen LogP contribution in [0.2, 0.25) is 0 Å². The Morgan fingerprint density at radius 1 is 1.00 bits per heavy atom. The van der Waals surface area contributed by atoms with Gasteiger partial charge in [-0.25, -0.2) is 15.0 Å². The van der Waals surface area contributed by atoms with Crippen molar-refractivity contribution in [2.45, 2.75) is 6.42 Å². The van der Waals surface area contributed by atoms with Gasteiger partial charge in [-0.3, -0.25) is 14.4 Å². The molecule has 5 rings (SSSR count). The Labute approximate surface area is 206 Å². The van der Waals surface area contributed by atoms with E-state index in [1.165, 1.54) is 17.1 Å². The topological polar surface area (TPSA) is 120 Å². The van der Waals surface area contributed by atoms with Crippen molar-refractivity contribution in [2.75, 3.05) is 45.5 Å². The Bertz CT molecular complexity index is 1330. The van der Waals surface area contributed by atoms with Crippen LogP contribution in [0, 0.1) is 0 Å². The van der Waals surface area contributed by atoms with Crippen LogP contribution in [-0.4, -0.2) is 72.9 Å². The Balaban J connectivity index is 1.18. The molecular weight excluding hydrogens is 468 g/mol. The molecule has 3 aromatic rings. The zero-order chi connectivity index (χ0) is 25.1. The van der Waals surface area contributed by atoms with Crippen LogP contribution in [0.4, 0.5) is 5.69 Å². The van der Waals surface area contributed by atoms with Crippen LogP contribution in [0.1, 0.15) is 16.9 Å². The molecule has 0 spiro atoms. The van der Waals surface area contributed by atoms with Gasteiger partial charge in [0.15, 0.2) is 11.5 Å². The number of methoxy groups -OCH3 is 1. The number of carbonyl (C=O) groups is 3. The maximum atomic E-state index is 13.2. The smallest absolute Gasteiger partial charge is 0.291 e. The fourth-order valence-corrected chi connectivity index (χ4v) is 4.11. The lowest BCUT2D eigenvalue weighted by Gasteiger charge is -2.27.